The van der Waals surface area contributed by atoms with E-state index in [4.69, 9.17) is 9.72 Å². The fraction of sp³-hybridized carbons (Fsp3) is 0.476. The average Bonchev–Trinajstić information content (AvgIpc) is 3.27. The predicted octanol–water partition coefficient (Wildman–Crippen LogP) is 2.54. The van der Waals surface area contributed by atoms with Crippen LogP contribution in [0.25, 0.3) is 0 Å². The summed E-state index contributed by atoms with van der Waals surface area (Å²) in [5.41, 5.74) is 1.97. The van der Waals surface area contributed by atoms with Crippen LogP contribution >= 0.6 is 0 Å². The van der Waals surface area contributed by atoms with Crippen LogP contribution in [0.15, 0.2) is 30.3 Å². The highest BCUT2D eigenvalue weighted by Crippen LogP contribution is 2.22. The molecule has 0 saturated carbocycles. The maximum atomic E-state index is 12.6. The summed E-state index contributed by atoms with van der Waals surface area (Å²) in [5.74, 6) is 2.51. The summed E-state index contributed by atoms with van der Waals surface area (Å²) >= 11 is 0. The summed E-state index contributed by atoms with van der Waals surface area (Å²) in [6, 6.07) is 9.94. The predicted molar refractivity (Wildman–Crippen MR) is 109 cm³/mol. The maximum absolute atomic E-state index is 12.6. The molecule has 0 unspecified atom stereocenters. The molecule has 0 spiro atoms. The van der Waals surface area contributed by atoms with Crippen LogP contribution in [-0.2, 0) is 17.8 Å². The van der Waals surface area contributed by atoms with Crippen LogP contribution in [0.3, 0.4) is 0 Å². The summed E-state index contributed by atoms with van der Waals surface area (Å²) in [6.07, 6.45) is 3.35. The SMILES string of the molecule is CNc1cc(CN(C)C(=O)CCc2ccc(OC)cc2)nc([C@H]2CCCN2)n1. The van der Waals surface area contributed by atoms with E-state index in [0.717, 1.165) is 48.0 Å². The molecule has 1 aromatic carbocycles. The van der Waals surface area contributed by atoms with Crippen molar-refractivity contribution in [3.8, 4) is 5.75 Å². The van der Waals surface area contributed by atoms with Gasteiger partial charge in [-0.25, -0.2) is 9.97 Å². The second-order valence-corrected chi connectivity index (χ2v) is 7.10. The van der Waals surface area contributed by atoms with Crippen LogP contribution in [0, 0.1) is 0 Å². The monoisotopic (exact) mass is 383 g/mol. The van der Waals surface area contributed by atoms with E-state index in [1.165, 1.54) is 0 Å². The van der Waals surface area contributed by atoms with Crippen molar-refractivity contribution in [3.63, 3.8) is 0 Å². The minimum Gasteiger partial charge on any atom is -0.497 e. The Hall–Kier alpha value is -2.67. The van der Waals surface area contributed by atoms with E-state index >= 15 is 0 Å². The van der Waals surface area contributed by atoms with E-state index in [0.29, 0.717) is 19.4 Å². The Bertz CT molecular complexity index is 788. The minimum atomic E-state index is 0.0981. The Kier molecular flexibility index (Phi) is 6.81. The minimum absolute atomic E-state index is 0.0981. The molecule has 1 aliphatic heterocycles. The van der Waals surface area contributed by atoms with Gasteiger partial charge in [0.05, 0.1) is 25.4 Å². The lowest BCUT2D eigenvalue weighted by Crippen LogP contribution is -2.27. The van der Waals surface area contributed by atoms with Crippen LogP contribution in [0.5, 0.6) is 5.75 Å². The first-order chi connectivity index (χ1) is 13.6. The third kappa shape index (κ3) is 5.19. The number of amides is 1. The van der Waals surface area contributed by atoms with Gasteiger partial charge in [-0.2, -0.15) is 0 Å². The molecule has 7 heteroatoms. The van der Waals surface area contributed by atoms with E-state index < -0.39 is 0 Å². The molecule has 1 aromatic heterocycles. The molecule has 1 atom stereocenters. The number of anilines is 1. The summed E-state index contributed by atoms with van der Waals surface area (Å²) in [7, 11) is 5.32. The third-order valence-electron chi connectivity index (χ3n) is 5.04. The fourth-order valence-corrected chi connectivity index (χ4v) is 3.35. The van der Waals surface area contributed by atoms with Gasteiger partial charge >= 0.3 is 0 Å². The van der Waals surface area contributed by atoms with Gasteiger partial charge in [-0.05, 0) is 43.5 Å². The van der Waals surface area contributed by atoms with Crippen LogP contribution in [-0.4, -0.2) is 48.5 Å². The average molecular weight is 383 g/mol. The lowest BCUT2D eigenvalue weighted by molar-refractivity contribution is -0.130. The van der Waals surface area contributed by atoms with Crippen molar-refractivity contribution < 1.29 is 9.53 Å². The Labute approximate surface area is 166 Å². The zero-order valence-electron chi connectivity index (χ0n) is 16.9. The van der Waals surface area contributed by atoms with Crippen LogP contribution in [0.4, 0.5) is 5.82 Å². The molecule has 1 saturated heterocycles. The molecule has 0 radical (unpaired) electrons. The van der Waals surface area contributed by atoms with Gasteiger partial charge in [-0.3, -0.25) is 4.79 Å². The topological polar surface area (TPSA) is 79.4 Å². The van der Waals surface area contributed by atoms with Crippen LogP contribution in [0.2, 0.25) is 0 Å². The zero-order chi connectivity index (χ0) is 19.9. The van der Waals surface area contributed by atoms with Gasteiger partial charge in [0.2, 0.25) is 5.91 Å². The zero-order valence-corrected chi connectivity index (χ0v) is 16.9. The normalized spacial score (nSPS) is 16.0. The molecule has 150 valence electrons. The molecule has 1 aliphatic rings. The first kappa shape index (κ1) is 20.1. The van der Waals surface area contributed by atoms with Crippen molar-refractivity contribution in [1.29, 1.82) is 0 Å². The number of aromatic nitrogens is 2. The van der Waals surface area contributed by atoms with Crippen molar-refractivity contribution in [2.75, 3.05) is 33.1 Å². The molecule has 28 heavy (non-hydrogen) atoms. The van der Waals surface area contributed by atoms with Crippen LogP contribution in [0.1, 0.15) is 42.4 Å². The van der Waals surface area contributed by atoms with Gasteiger partial charge in [0.25, 0.3) is 0 Å². The molecule has 1 fully saturated rings. The van der Waals surface area contributed by atoms with Gasteiger partial charge in [-0.15, -0.1) is 0 Å². The summed E-state index contributed by atoms with van der Waals surface area (Å²) in [4.78, 5) is 23.6. The van der Waals surface area contributed by atoms with E-state index in [1.807, 2.05) is 44.4 Å². The van der Waals surface area contributed by atoms with Gasteiger partial charge < -0.3 is 20.3 Å². The Morgan fingerprint density at radius 1 is 1.32 bits per heavy atom. The highest BCUT2D eigenvalue weighted by Gasteiger charge is 2.21. The van der Waals surface area contributed by atoms with E-state index in [-0.39, 0.29) is 11.9 Å². The number of methoxy groups -OCH3 is 1. The Morgan fingerprint density at radius 3 is 2.75 bits per heavy atom. The number of ether oxygens (including phenoxy) is 1. The Balaban J connectivity index is 1.60. The molecule has 3 rings (SSSR count). The first-order valence-corrected chi connectivity index (χ1v) is 9.75. The standard InChI is InChI=1S/C21H29N5O2/c1-22-19-13-16(24-21(25-19)18-5-4-12-23-18)14-26(2)20(27)11-8-15-6-9-17(28-3)10-7-15/h6-7,9-10,13,18,23H,4-5,8,11-12,14H2,1-3H3,(H,22,24,25)/t18-/m1/s1. The van der Waals surface area contributed by atoms with Gasteiger partial charge in [0.15, 0.2) is 0 Å². The number of hydrogen-bond acceptors (Lipinski definition) is 6. The van der Waals surface area contributed by atoms with Crippen molar-refractivity contribution >= 4 is 11.7 Å². The second kappa shape index (κ2) is 9.50. The number of carbonyl (C=O) groups excluding carboxylic acids is 1. The molecule has 7 nitrogen and oxygen atoms in total. The molecule has 0 bridgehead atoms. The fourth-order valence-electron chi connectivity index (χ4n) is 3.35. The van der Waals surface area contributed by atoms with Crippen molar-refractivity contribution in [1.82, 2.24) is 20.2 Å². The highest BCUT2D eigenvalue weighted by molar-refractivity contribution is 5.76. The molecule has 2 aromatic rings. The van der Waals surface area contributed by atoms with Gasteiger partial charge in [-0.1, -0.05) is 12.1 Å². The van der Waals surface area contributed by atoms with Crippen molar-refractivity contribution in [2.24, 2.45) is 0 Å². The molecule has 1 amide bonds. The third-order valence-corrected chi connectivity index (χ3v) is 5.04. The largest absolute Gasteiger partial charge is 0.497 e. The lowest BCUT2D eigenvalue weighted by atomic mass is 10.1. The van der Waals surface area contributed by atoms with Gasteiger partial charge in [0, 0.05) is 26.6 Å². The Morgan fingerprint density at radius 2 is 2.11 bits per heavy atom. The van der Waals surface area contributed by atoms with E-state index in [9.17, 15) is 4.79 Å². The number of benzene rings is 1. The van der Waals surface area contributed by atoms with Crippen molar-refractivity contribution in [2.45, 2.75) is 38.3 Å². The number of aryl methyl sites for hydroxylation is 1. The number of nitrogens with one attached hydrogen (secondary N) is 2. The summed E-state index contributed by atoms with van der Waals surface area (Å²) in [5, 5.41) is 6.53. The number of hydrogen-bond donors (Lipinski definition) is 2. The number of nitrogens with zero attached hydrogens (tertiary/aromatic N) is 3. The smallest absolute Gasteiger partial charge is 0.222 e. The molecular weight excluding hydrogens is 354 g/mol. The van der Waals surface area contributed by atoms with Crippen molar-refractivity contribution in [3.05, 3.63) is 47.4 Å². The molecule has 2 heterocycles. The molecular formula is C21H29N5O2. The lowest BCUT2D eigenvalue weighted by Gasteiger charge is -2.19. The first-order valence-electron chi connectivity index (χ1n) is 9.75. The summed E-state index contributed by atoms with van der Waals surface area (Å²) < 4.78 is 5.17. The van der Waals surface area contributed by atoms with Gasteiger partial charge in [0.1, 0.15) is 17.4 Å². The number of rotatable bonds is 8. The molecule has 0 aliphatic carbocycles. The quantitative estimate of drug-likeness (QED) is 0.729. The van der Waals surface area contributed by atoms with E-state index in [1.54, 1.807) is 12.0 Å². The summed E-state index contributed by atoms with van der Waals surface area (Å²) in [6.45, 7) is 1.47. The number of carbonyl (C=O) groups is 1. The van der Waals surface area contributed by atoms with E-state index in [2.05, 4.69) is 15.6 Å². The molecule has 2 N–H and O–H groups in total. The highest BCUT2D eigenvalue weighted by atomic mass is 16.5. The second-order valence-electron chi connectivity index (χ2n) is 7.10. The maximum Gasteiger partial charge on any atom is 0.222 e. The van der Waals surface area contributed by atoms with Crippen LogP contribution < -0.4 is 15.4 Å².